The van der Waals surface area contributed by atoms with Crippen molar-refractivity contribution >= 4 is 11.7 Å². The lowest BCUT2D eigenvalue weighted by molar-refractivity contribution is 0.390. The number of hydrogen-bond acceptors (Lipinski definition) is 5. The number of hydrogen-bond donors (Lipinski definition) is 2. The topological polar surface area (TPSA) is 96.4 Å². The maximum Gasteiger partial charge on any atom is 0.134 e. The van der Waals surface area contributed by atoms with Gasteiger partial charge in [0.15, 0.2) is 0 Å². The third-order valence-electron chi connectivity index (χ3n) is 7.08. The SMILES string of the molecule is CN(C)CCCCCCN=C(N)c1cccc(-c2ccc(-c3cccc(C(N)=NCCCCCCN(C)C)c3)o2)c1. The molecule has 0 bridgehead atoms. The molecule has 3 aromatic rings. The van der Waals surface area contributed by atoms with E-state index in [1.54, 1.807) is 0 Å². The summed E-state index contributed by atoms with van der Waals surface area (Å²) in [5.41, 5.74) is 16.4. The molecule has 0 atom stereocenters. The molecule has 0 amide bonds. The van der Waals surface area contributed by atoms with E-state index in [1.807, 2.05) is 60.7 Å². The molecular formula is C34H50N6O. The fourth-order valence-electron chi connectivity index (χ4n) is 4.68. The summed E-state index contributed by atoms with van der Waals surface area (Å²) in [6.07, 6.45) is 9.37. The molecule has 0 saturated carbocycles. The number of rotatable bonds is 18. The minimum Gasteiger partial charge on any atom is -0.456 e. The molecular weight excluding hydrogens is 508 g/mol. The van der Waals surface area contributed by atoms with Crippen LogP contribution < -0.4 is 11.5 Å². The first-order valence-electron chi connectivity index (χ1n) is 15.0. The second-order valence-corrected chi connectivity index (χ2v) is 11.3. The highest BCUT2D eigenvalue weighted by molar-refractivity contribution is 5.99. The Labute approximate surface area is 247 Å². The summed E-state index contributed by atoms with van der Waals surface area (Å²) < 4.78 is 6.26. The third kappa shape index (κ3) is 11.5. The van der Waals surface area contributed by atoms with Crippen LogP contribution in [0.3, 0.4) is 0 Å². The van der Waals surface area contributed by atoms with Gasteiger partial charge in [-0.05, 0) is 91.2 Å². The second-order valence-electron chi connectivity index (χ2n) is 11.3. The monoisotopic (exact) mass is 558 g/mol. The number of nitrogens with two attached hydrogens (primary N) is 2. The predicted molar refractivity (Wildman–Crippen MR) is 175 cm³/mol. The molecule has 0 spiro atoms. The molecule has 41 heavy (non-hydrogen) atoms. The van der Waals surface area contributed by atoms with Crippen molar-refractivity contribution in [2.24, 2.45) is 21.5 Å². The van der Waals surface area contributed by atoms with Crippen molar-refractivity contribution < 1.29 is 4.42 Å². The number of aliphatic imine (C=N–C) groups is 2. The van der Waals surface area contributed by atoms with Gasteiger partial charge >= 0.3 is 0 Å². The fraction of sp³-hybridized carbons (Fsp3) is 0.471. The van der Waals surface area contributed by atoms with E-state index >= 15 is 0 Å². The molecule has 4 N–H and O–H groups in total. The summed E-state index contributed by atoms with van der Waals surface area (Å²) in [7, 11) is 8.46. The Balaban J connectivity index is 1.56. The van der Waals surface area contributed by atoms with E-state index in [0.717, 1.165) is 72.8 Å². The third-order valence-corrected chi connectivity index (χ3v) is 7.08. The molecule has 0 radical (unpaired) electrons. The van der Waals surface area contributed by atoms with E-state index in [4.69, 9.17) is 15.9 Å². The van der Waals surface area contributed by atoms with Crippen LogP contribution in [0.5, 0.6) is 0 Å². The Morgan fingerprint density at radius 2 is 1.00 bits per heavy atom. The lowest BCUT2D eigenvalue weighted by atomic mass is 10.1. The van der Waals surface area contributed by atoms with Crippen LogP contribution in [-0.4, -0.2) is 75.8 Å². The zero-order chi connectivity index (χ0) is 29.5. The van der Waals surface area contributed by atoms with Crippen molar-refractivity contribution in [1.82, 2.24) is 9.80 Å². The van der Waals surface area contributed by atoms with Gasteiger partial charge in [0, 0.05) is 35.3 Å². The van der Waals surface area contributed by atoms with Crippen molar-refractivity contribution in [1.29, 1.82) is 0 Å². The standard InChI is InChI=1S/C34H50N6O/c1-39(2)23-11-7-5-9-21-37-33(35)29-17-13-15-27(25-29)31-19-20-32(41-31)28-16-14-18-30(26-28)34(36)38-22-10-6-8-12-24-40(3)4/h13-20,25-26H,5-12,21-24H2,1-4H3,(H2,35,37)(H2,36,38). The highest BCUT2D eigenvalue weighted by Crippen LogP contribution is 2.29. The molecule has 0 aliphatic rings. The van der Waals surface area contributed by atoms with Crippen LogP contribution in [0.1, 0.15) is 62.5 Å². The first-order valence-corrected chi connectivity index (χ1v) is 15.0. The quantitative estimate of drug-likeness (QED) is 0.109. The van der Waals surface area contributed by atoms with Crippen LogP contribution in [0.15, 0.2) is 75.1 Å². The number of benzene rings is 2. The van der Waals surface area contributed by atoms with Gasteiger partial charge < -0.3 is 25.7 Å². The summed E-state index contributed by atoms with van der Waals surface area (Å²) in [4.78, 5) is 13.7. The molecule has 0 unspecified atom stereocenters. The maximum absolute atomic E-state index is 6.33. The van der Waals surface area contributed by atoms with Crippen molar-refractivity contribution in [2.75, 3.05) is 54.4 Å². The number of nitrogens with zero attached hydrogens (tertiary/aromatic N) is 4. The van der Waals surface area contributed by atoms with Gasteiger partial charge in [-0.15, -0.1) is 0 Å². The zero-order valence-corrected chi connectivity index (χ0v) is 25.6. The Morgan fingerprint density at radius 1 is 0.585 bits per heavy atom. The summed E-state index contributed by atoms with van der Waals surface area (Å²) in [6.45, 7) is 3.78. The Hall–Kier alpha value is -3.42. The van der Waals surface area contributed by atoms with Crippen molar-refractivity contribution in [2.45, 2.75) is 51.4 Å². The minimum absolute atomic E-state index is 0.572. The Kier molecular flexibility index (Phi) is 13.6. The summed E-state index contributed by atoms with van der Waals surface area (Å²) >= 11 is 0. The number of unbranched alkanes of at least 4 members (excludes halogenated alkanes) is 6. The van der Waals surface area contributed by atoms with Crippen molar-refractivity contribution in [3.05, 3.63) is 71.8 Å². The van der Waals surface area contributed by atoms with Crippen LogP contribution in [0.4, 0.5) is 0 Å². The largest absolute Gasteiger partial charge is 0.456 e. The molecule has 0 fully saturated rings. The van der Waals surface area contributed by atoms with E-state index in [2.05, 4.69) is 48.0 Å². The Morgan fingerprint density at radius 3 is 1.41 bits per heavy atom. The van der Waals surface area contributed by atoms with E-state index < -0.39 is 0 Å². The van der Waals surface area contributed by atoms with Crippen molar-refractivity contribution in [3.8, 4) is 22.6 Å². The lowest BCUT2D eigenvalue weighted by Crippen LogP contribution is -2.14. The van der Waals surface area contributed by atoms with Crippen LogP contribution in [0.25, 0.3) is 22.6 Å². The smallest absolute Gasteiger partial charge is 0.134 e. The molecule has 222 valence electrons. The van der Waals surface area contributed by atoms with Gasteiger partial charge in [-0.1, -0.05) is 62.1 Å². The summed E-state index contributed by atoms with van der Waals surface area (Å²) in [5.74, 6) is 2.72. The maximum atomic E-state index is 6.33. The van der Waals surface area contributed by atoms with Crippen LogP contribution in [0, 0.1) is 0 Å². The first-order chi connectivity index (χ1) is 19.8. The average Bonchev–Trinajstić information content (AvgIpc) is 3.46. The highest BCUT2D eigenvalue weighted by Gasteiger charge is 2.10. The zero-order valence-electron chi connectivity index (χ0n) is 25.6. The van der Waals surface area contributed by atoms with Gasteiger partial charge in [-0.25, -0.2) is 0 Å². The molecule has 1 aromatic heterocycles. The Bertz CT molecular complexity index is 1150. The van der Waals surface area contributed by atoms with E-state index in [9.17, 15) is 0 Å². The van der Waals surface area contributed by atoms with Gasteiger partial charge in [-0.3, -0.25) is 9.98 Å². The lowest BCUT2D eigenvalue weighted by Gasteiger charge is -2.08. The fourth-order valence-corrected chi connectivity index (χ4v) is 4.68. The molecule has 7 heteroatoms. The number of amidine groups is 2. The minimum atomic E-state index is 0.572. The van der Waals surface area contributed by atoms with Gasteiger partial charge in [0.2, 0.25) is 0 Å². The predicted octanol–water partition coefficient (Wildman–Crippen LogP) is 6.27. The van der Waals surface area contributed by atoms with E-state index in [-0.39, 0.29) is 0 Å². The van der Waals surface area contributed by atoms with Crippen LogP contribution in [0.2, 0.25) is 0 Å². The van der Waals surface area contributed by atoms with Crippen LogP contribution >= 0.6 is 0 Å². The number of furan rings is 1. The molecule has 2 aromatic carbocycles. The van der Waals surface area contributed by atoms with Gasteiger partial charge in [0.05, 0.1) is 0 Å². The first kappa shape index (κ1) is 32.1. The van der Waals surface area contributed by atoms with E-state index in [1.165, 1.54) is 38.5 Å². The van der Waals surface area contributed by atoms with Crippen molar-refractivity contribution in [3.63, 3.8) is 0 Å². The van der Waals surface area contributed by atoms with Gasteiger partial charge in [0.1, 0.15) is 23.2 Å². The van der Waals surface area contributed by atoms with Gasteiger partial charge in [-0.2, -0.15) is 0 Å². The normalized spacial score (nSPS) is 12.5. The molecule has 7 nitrogen and oxygen atoms in total. The molecule has 1 heterocycles. The molecule has 0 aliphatic carbocycles. The highest BCUT2D eigenvalue weighted by atomic mass is 16.3. The summed E-state index contributed by atoms with van der Waals surface area (Å²) in [6, 6.07) is 20.1. The van der Waals surface area contributed by atoms with E-state index in [0.29, 0.717) is 11.7 Å². The van der Waals surface area contributed by atoms with Crippen LogP contribution in [-0.2, 0) is 0 Å². The molecule has 0 aliphatic heterocycles. The van der Waals surface area contributed by atoms with Gasteiger partial charge in [0.25, 0.3) is 0 Å². The average molecular weight is 559 g/mol. The summed E-state index contributed by atoms with van der Waals surface area (Å²) in [5, 5.41) is 0. The second kappa shape index (κ2) is 17.4. The molecule has 0 saturated heterocycles. The molecule has 3 rings (SSSR count).